The number of pyridine rings is 1. The minimum Gasteiger partial charge on any atom is -0.322 e. The molecule has 1 heterocycles. The van der Waals surface area contributed by atoms with Gasteiger partial charge in [0.1, 0.15) is 0 Å². The van der Waals surface area contributed by atoms with Gasteiger partial charge in [-0.2, -0.15) is 0 Å². The van der Waals surface area contributed by atoms with E-state index in [1.807, 2.05) is 24.3 Å². The molecule has 0 aliphatic heterocycles. The second-order valence-corrected chi connectivity index (χ2v) is 6.12. The van der Waals surface area contributed by atoms with Crippen molar-refractivity contribution in [2.45, 2.75) is 27.2 Å². The lowest BCUT2D eigenvalue weighted by molar-refractivity contribution is 0.102. The maximum Gasteiger partial charge on any atom is 0.255 e. The molecule has 1 N–H and O–H groups in total. The predicted octanol–water partition coefficient (Wildman–Crippen LogP) is 3.92. The first-order valence-electron chi connectivity index (χ1n) is 6.74. The first kappa shape index (κ1) is 14.3. The Hall–Kier alpha value is -2.16. The molecule has 2 aromatic rings. The van der Waals surface area contributed by atoms with Crippen LogP contribution in [0.4, 0.5) is 5.69 Å². The number of carbonyl (C=O) groups is 1. The van der Waals surface area contributed by atoms with Gasteiger partial charge in [-0.3, -0.25) is 9.78 Å². The van der Waals surface area contributed by atoms with Crippen molar-refractivity contribution in [3.8, 4) is 0 Å². The van der Waals surface area contributed by atoms with Crippen molar-refractivity contribution in [2.75, 3.05) is 5.32 Å². The lowest BCUT2D eigenvalue weighted by atomic mass is 9.88. The molecular formula is C17H20N2O. The van der Waals surface area contributed by atoms with E-state index in [1.165, 1.54) is 5.56 Å². The maximum absolute atomic E-state index is 12.1. The Kier molecular flexibility index (Phi) is 4.18. The van der Waals surface area contributed by atoms with Crippen LogP contribution >= 0.6 is 0 Å². The third kappa shape index (κ3) is 4.19. The number of hydrogen-bond donors (Lipinski definition) is 1. The molecule has 0 spiro atoms. The van der Waals surface area contributed by atoms with Crippen LogP contribution in [-0.4, -0.2) is 10.9 Å². The minimum atomic E-state index is -0.0986. The number of benzene rings is 1. The summed E-state index contributed by atoms with van der Waals surface area (Å²) in [7, 11) is 0. The topological polar surface area (TPSA) is 42.0 Å². The standard InChI is InChI=1S/C17H20N2O/c1-17(2,3)12-13-4-6-14(7-5-13)16(20)19-15-8-10-18-11-9-15/h4-11H,12H2,1-3H3,(H,18,19,20). The van der Waals surface area contributed by atoms with E-state index >= 15 is 0 Å². The monoisotopic (exact) mass is 268 g/mol. The first-order valence-corrected chi connectivity index (χ1v) is 6.74. The van der Waals surface area contributed by atoms with Crippen LogP contribution in [0.1, 0.15) is 36.7 Å². The number of amides is 1. The van der Waals surface area contributed by atoms with Crippen LogP contribution in [-0.2, 0) is 6.42 Å². The molecule has 0 saturated carbocycles. The summed E-state index contributed by atoms with van der Waals surface area (Å²) in [4.78, 5) is 16.0. The highest BCUT2D eigenvalue weighted by Gasteiger charge is 2.12. The Morgan fingerprint density at radius 3 is 2.20 bits per heavy atom. The van der Waals surface area contributed by atoms with Gasteiger partial charge in [0.15, 0.2) is 0 Å². The number of hydrogen-bond acceptors (Lipinski definition) is 2. The molecule has 0 aliphatic rings. The molecule has 20 heavy (non-hydrogen) atoms. The molecule has 1 aromatic heterocycles. The van der Waals surface area contributed by atoms with Gasteiger partial charge in [-0.15, -0.1) is 0 Å². The number of aromatic nitrogens is 1. The zero-order valence-electron chi connectivity index (χ0n) is 12.2. The minimum absolute atomic E-state index is 0.0986. The van der Waals surface area contributed by atoms with Crippen molar-refractivity contribution in [1.29, 1.82) is 0 Å². The lowest BCUT2D eigenvalue weighted by Gasteiger charge is -2.18. The average molecular weight is 268 g/mol. The summed E-state index contributed by atoms with van der Waals surface area (Å²) in [6, 6.07) is 11.3. The van der Waals surface area contributed by atoms with E-state index in [0.717, 1.165) is 12.1 Å². The van der Waals surface area contributed by atoms with Crippen molar-refractivity contribution in [3.63, 3.8) is 0 Å². The molecule has 3 nitrogen and oxygen atoms in total. The Morgan fingerprint density at radius 2 is 1.65 bits per heavy atom. The molecule has 0 unspecified atom stereocenters. The normalized spacial score (nSPS) is 11.2. The zero-order chi connectivity index (χ0) is 14.6. The highest BCUT2D eigenvalue weighted by atomic mass is 16.1. The SMILES string of the molecule is CC(C)(C)Cc1ccc(C(=O)Nc2ccncc2)cc1. The third-order valence-corrected chi connectivity index (χ3v) is 2.89. The van der Waals surface area contributed by atoms with Crippen LogP contribution in [0.3, 0.4) is 0 Å². The number of rotatable bonds is 3. The van der Waals surface area contributed by atoms with Crippen molar-refractivity contribution >= 4 is 11.6 Å². The summed E-state index contributed by atoms with van der Waals surface area (Å²) in [5.41, 5.74) is 2.92. The van der Waals surface area contributed by atoms with Gasteiger partial charge >= 0.3 is 0 Å². The summed E-state index contributed by atoms with van der Waals surface area (Å²) in [5, 5.41) is 2.85. The molecule has 1 amide bonds. The molecule has 0 atom stereocenters. The van der Waals surface area contributed by atoms with Crippen molar-refractivity contribution in [3.05, 3.63) is 59.9 Å². The van der Waals surface area contributed by atoms with Crippen LogP contribution in [0.15, 0.2) is 48.8 Å². The van der Waals surface area contributed by atoms with E-state index in [0.29, 0.717) is 5.56 Å². The van der Waals surface area contributed by atoms with Gasteiger partial charge in [-0.05, 0) is 41.7 Å². The van der Waals surface area contributed by atoms with E-state index < -0.39 is 0 Å². The Morgan fingerprint density at radius 1 is 1.05 bits per heavy atom. The van der Waals surface area contributed by atoms with Gasteiger partial charge in [-0.25, -0.2) is 0 Å². The molecule has 0 saturated heterocycles. The second kappa shape index (κ2) is 5.87. The second-order valence-electron chi connectivity index (χ2n) is 6.12. The van der Waals surface area contributed by atoms with Crippen LogP contribution in [0.5, 0.6) is 0 Å². The van der Waals surface area contributed by atoms with Crippen molar-refractivity contribution in [2.24, 2.45) is 5.41 Å². The number of nitrogens with zero attached hydrogens (tertiary/aromatic N) is 1. The molecule has 104 valence electrons. The molecule has 0 bridgehead atoms. The van der Waals surface area contributed by atoms with E-state index in [4.69, 9.17) is 0 Å². The Balaban J connectivity index is 2.04. The van der Waals surface area contributed by atoms with E-state index in [-0.39, 0.29) is 11.3 Å². The van der Waals surface area contributed by atoms with Crippen LogP contribution in [0.2, 0.25) is 0 Å². The quantitative estimate of drug-likeness (QED) is 0.916. The van der Waals surface area contributed by atoms with E-state index in [2.05, 4.69) is 31.1 Å². The average Bonchev–Trinajstić information content (AvgIpc) is 2.39. The number of anilines is 1. The van der Waals surface area contributed by atoms with Gasteiger partial charge in [0.05, 0.1) is 0 Å². The first-order chi connectivity index (χ1) is 9.44. The van der Waals surface area contributed by atoms with Gasteiger partial charge in [0, 0.05) is 23.6 Å². The number of nitrogens with one attached hydrogen (secondary N) is 1. The Bertz CT molecular complexity index is 568. The predicted molar refractivity (Wildman–Crippen MR) is 81.8 cm³/mol. The van der Waals surface area contributed by atoms with Gasteiger partial charge in [0.25, 0.3) is 5.91 Å². The van der Waals surface area contributed by atoms with Crippen molar-refractivity contribution < 1.29 is 4.79 Å². The van der Waals surface area contributed by atoms with Crippen LogP contribution < -0.4 is 5.32 Å². The fourth-order valence-electron chi connectivity index (χ4n) is 2.02. The highest BCUT2D eigenvalue weighted by Crippen LogP contribution is 2.20. The summed E-state index contributed by atoms with van der Waals surface area (Å²) in [6.45, 7) is 6.62. The van der Waals surface area contributed by atoms with Crippen LogP contribution in [0, 0.1) is 5.41 Å². The number of carbonyl (C=O) groups excluding carboxylic acids is 1. The molecule has 3 heteroatoms. The largest absolute Gasteiger partial charge is 0.322 e. The third-order valence-electron chi connectivity index (χ3n) is 2.89. The summed E-state index contributed by atoms with van der Waals surface area (Å²) >= 11 is 0. The van der Waals surface area contributed by atoms with Gasteiger partial charge < -0.3 is 5.32 Å². The summed E-state index contributed by atoms with van der Waals surface area (Å²) < 4.78 is 0. The van der Waals surface area contributed by atoms with E-state index in [1.54, 1.807) is 24.5 Å². The molecule has 0 fully saturated rings. The Labute approximate surface area is 120 Å². The lowest BCUT2D eigenvalue weighted by Crippen LogP contribution is -2.12. The fraction of sp³-hybridized carbons (Fsp3) is 0.294. The molecule has 1 aromatic carbocycles. The molecule has 2 rings (SSSR count). The van der Waals surface area contributed by atoms with Crippen molar-refractivity contribution in [1.82, 2.24) is 4.98 Å². The van der Waals surface area contributed by atoms with Gasteiger partial charge in [0.2, 0.25) is 0 Å². The fourth-order valence-corrected chi connectivity index (χ4v) is 2.02. The van der Waals surface area contributed by atoms with Crippen LogP contribution in [0.25, 0.3) is 0 Å². The summed E-state index contributed by atoms with van der Waals surface area (Å²) in [5.74, 6) is -0.0986. The highest BCUT2D eigenvalue weighted by molar-refractivity contribution is 6.04. The smallest absolute Gasteiger partial charge is 0.255 e. The summed E-state index contributed by atoms with van der Waals surface area (Å²) in [6.07, 6.45) is 4.31. The zero-order valence-corrected chi connectivity index (χ0v) is 12.2. The maximum atomic E-state index is 12.1. The molecule has 0 radical (unpaired) electrons. The molecular weight excluding hydrogens is 248 g/mol. The van der Waals surface area contributed by atoms with Gasteiger partial charge in [-0.1, -0.05) is 32.9 Å². The molecule has 0 aliphatic carbocycles. The van der Waals surface area contributed by atoms with E-state index in [9.17, 15) is 4.79 Å².